The van der Waals surface area contributed by atoms with Gasteiger partial charge < -0.3 is 0 Å². The summed E-state index contributed by atoms with van der Waals surface area (Å²) in [4.78, 5) is 8.48. The second-order valence-corrected chi connectivity index (χ2v) is 3.71. The van der Waals surface area contributed by atoms with Crippen LogP contribution in [0.4, 0.5) is 0 Å². The van der Waals surface area contributed by atoms with Crippen molar-refractivity contribution >= 4 is 17.2 Å². The standard InChI is InChI=1S/C11H7ClN4/c12-10-3-4-11-14-9(7-16(11)15-10)8-2-1-5-13-6-8/h1-7H. The van der Waals surface area contributed by atoms with Gasteiger partial charge in [-0.3, -0.25) is 4.98 Å². The van der Waals surface area contributed by atoms with E-state index in [1.807, 2.05) is 24.4 Å². The number of fused-ring (bicyclic) bond motifs is 1. The van der Waals surface area contributed by atoms with Gasteiger partial charge in [0.2, 0.25) is 0 Å². The van der Waals surface area contributed by atoms with Crippen LogP contribution in [0.1, 0.15) is 0 Å². The molecular weight excluding hydrogens is 224 g/mol. The summed E-state index contributed by atoms with van der Waals surface area (Å²) in [6, 6.07) is 7.38. The number of pyridine rings is 1. The van der Waals surface area contributed by atoms with E-state index in [4.69, 9.17) is 11.6 Å². The molecule has 0 N–H and O–H groups in total. The largest absolute Gasteiger partial charge is 0.264 e. The second-order valence-electron chi connectivity index (χ2n) is 3.33. The van der Waals surface area contributed by atoms with Gasteiger partial charge in [-0.1, -0.05) is 11.6 Å². The molecule has 0 aliphatic carbocycles. The zero-order valence-electron chi connectivity index (χ0n) is 8.21. The molecule has 5 heteroatoms. The number of imidazole rings is 1. The van der Waals surface area contributed by atoms with Crippen LogP contribution in [0.2, 0.25) is 5.15 Å². The molecule has 0 fully saturated rings. The predicted octanol–water partition coefficient (Wildman–Crippen LogP) is 2.44. The Balaban J connectivity index is 2.19. The van der Waals surface area contributed by atoms with Gasteiger partial charge in [-0.15, -0.1) is 0 Å². The van der Waals surface area contributed by atoms with Crippen LogP contribution >= 0.6 is 11.6 Å². The topological polar surface area (TPSA) is 43.1 Å². The maximum Gasteiger partial charge on any atom is 0.154 e. The third kappa shape index (κ3) is 1.53. The minimum Gasteiger partial charge on any atom is -0.264 e. The fourth-order valence-electron chi connectivity index (χ4n) is 1.51. The van der Waals surface area contributed by atoms with Gasteiger partial charge in [-0.05, 0) is 24.3 Å². The van der Waals surface area contributed by atoms with Crippen molar-refractivity contribution in [2.45, 2.75) is 0 Å². The number of hydrogen-bond donors (Lipinski definition) is 0. The number of aromatic nitrogens is 4. The second kappa shape index (κ2) is 3.57. The Morgan fingerprint density at radius 3 is 2.94 bits per heavy atom. The highest BCUT2D eigenvalue weighted by molar-refractivity contribution is 6.29. The van der Waals surface area contributed by atoms with Crippen molar-refractivity contribution in [1.82, 2.24) is 19.6 Å². The Kier molecular flexibility index (Phi) is 2.08. The lowest BCUT2D eigenvalue weighted by molar-refractivity contribution is 0.937. The molecule has 0 unspecified atom stereocenters. The van der Waals surface area contributed by atoms with Crippen LogP contribution in [0.25, 0.3) is 16.9 Å². The van der Waals surface area contributed by atoms with Crippen molar-refractivity contribution in [3.05, 3.63) is 48.0 Å². The average Bonchev–Trinajstić information content (AvgIpc) is 2.73. The molecule has 78 valence electrons. The van der Waals surface area contributed by atoms with Gasteiger partial charge in [0.15, 0.2) is 5.65 Å². The zero-order chi connectivity index (χ0) is 11.0. The maximum atomic E-state index is 5.80. The van der Waals surface area contributed by atoms with Crippen molar-refractivity contribution in [3.63, 3.8) is 0 Å². The summed E-state index contributed by atoms with van der Waals surface area (Å²) in [6.07, 6.45) is 5.33. The van der Waals surface area contributed by atoms with Gasteiger partial charge in [0.05, 0.1) is 11.9 Å². The van der Waals surface area contributed by atoms with E-state index in [1.54, 1.807) is 23.0 Å². The fraction of sp³-hybridized carbons (Fsp3) is 0. The van der Waals surface area contributed by atoms with Gasteiger partial charge in [-0.2, -0.15) is 5.10 Å². The molecule has 0 spiro atoms. The van der Waals surface area contributed by atoms with E-state index in [0.29, 0.717) is 5.15 Å². The Morgan fingerprint density at radius 1 is 1.19 bits per heavy atom. The number of rotatable bonds is 1. The third-order valence-electron chi connectivity index (χ3n) is 2.24. The lowest BCUT2D eigenvalue weighted by atomic mass is 10.2. The summed E-state index contributed by atoms with van der Waals surface area (Å²) in [5, 5.41) is 4.57. The highest BCUT2D eigenvalue weighted by Crippen LogP contribution is 2.17. The monoisotopic (exact) mass is 230 g/mol. The Hall–Kier alpha value is -1.94. The van der Waals surface area contributed by atoms with Crippen LogP contribution in [0.15, 0.2) is 42.9 Å². The molecule has 0 bridgehead atoms. The van der Waals surface area contributed by atoms with Crippen LogP contribution in [0.3, 0.4) is 0 Å². The number of hydrogen-bond acceptors (Lipinski definition) is 3. The number of halogens is 1. The van der Waals surface area contributed by atoms with Crippen molar-refractivity contribution in [3.8, 4) is 11.3 Å². The Morgan fingerprint density at radius 2 is 2.12 bits per heavy atom. The van der Waals surface area contributed by atoms with E-state index >= 15 is 0 Å². The molecule has 0 aliphatic heterocycles. The van der Waals surface area contributed by atoms with Crippen LogP contribution in [-0.4, -0.2) is 19.6 Å². The molecule has 0 atom stereocenters. The first-order valence-electron chi connectivity index (χ1n) is 4.75. The fourth-order valence-corrected chi connectivity index (χ4v) is 1.66. The van der Waals surface area contributed by atoms with Crippen LogP contribution in [0, 0.1) is 0 Å². The molecule has 3 aromatic rings. The zero-order valence-corrected chi connectivity index (χ0v) is 8.96. The van der Waals surface area contributed by atoms with E-state index in [1.165, 1.54) is 0 Å². The van der Waals surface area contributed by atoms with E-state index in [9.17, 15) is 0 Å². The lowest BCUT2D eigenvalue weighted by Gasteiger charge is -1.91. The molecule has 0 saturated heterocycles. The molecule has 0 aliphatic rings. The first kappa shape index (κ1) is 9.30. The van der Waals surface area contributed by atoms with E-state index in [0.717, 1.165) is 16.9 Å². The summed E-state index contributed by atoms with van der Waals surface area (Å²) in [7, 11) is 0. The molecule has 3 rings (SSSR count). The number of nitrogens with zero attached hydrogens (tertiary/aromatic N) is 4. The van der Waals surface area contributed by atoms with Gasteiger partial charge in [0, 0.05) is 18.0 Å². The van der Waals surface area contributed by atoms with Crippen LogP contribution in [0.5, 0.6) is 0 Å². The van der Waals surface area contributed by atoms with Gasteiger partial charge in [-0.25, -0.2) is 9.50 Å². The SMILES string of the molecule is Clc1ccc2nc(-c3cccnc3)cn2n1. The quantitative estimate of drug-likeness (QED) is 0.645. The lowest BCUT2D eigenvalue weighted by Crippen LogP contribution is -1.88. The van der Waals surface area contributed by atoms with Gasteiger partial charge in [0.1, 0.15) is 5.15 Å². The Labute approximate surface area is 96.5 Å². The third-order valence-corrected chi connectivity index (χ3v) is 2.45. The summed E-state index contributed by atoms with van der Waals surface area (Å²) in [5.41, 5.74) is 2.57. The highest BCUT2D eigenvalue weighted by atomic mass is 35.5. The Bertz CT molecular complexity index is 633. The predicted molar refractivity (Wildman–Crippen MR) is 61.2 cm³/mol. The average molecular weight is 231 g/mol. The summed E-state index contributed by atoms with van der Waals surface area (Å²) in [6.45, 7) is 0. The molecule has 0 saturated carbocycles. The minimum atomic E-state index is 0.447. The van der Waals surface area contributed by atoms with Crippen molar-refractivity contribution < 1.29 is 0 Å². The molecule has 0 aromatic carbocycles. The summed E-state index contributed by atoms with van der Waals surface area (Å²) < 4.78 is 1.66. The molecule has 3 heterocycles. The smallest absolute Gasteiger partial charge is 0.154 e. The van der Waals surface area contributed by atoms with Crippen molar-refractivity contribution in [1.29, 1.82) is 0 Å². The molecule has 3 aromatic heterocycles. The van der Waals surface area contributed by atoms with Crippen molar-refractivity contribution in [2.24, 2.45) is 0 Å². The van der Waals surface area contributed by atoms with E-state index < -0.39 is 0 Å². The first-order chi connectivity index (χ1) is 7.83. The van der Waals surface area contributed by atoms with Crippen LogP contribution < -0.4 is 0 Å². The minimum absolute atomic E-state index is 0.447. The van der Waals surface area contributed by atoms with Crippen LogP contribution in [-0.2, 0) is 0 Å². The van der Waals surface area contributed by atoms with Gasteiger partial charge >= 0.3 is 0 Å². The maximum absolute atomic E-state index is 5.80. The molecule has 0 radical (unpaired) electrons. The van der Waals surface area contributed by atoms with E-state index in [2.05, 4.69) is 15.1 Å². The van der Waals surface area contributed by atoms with E-state index in [-0.39, 0.29) is 0 Å². The normalized spacial score (nSPS) is 10.8. The first-order valence-corrected chi connectivity index (χ1v) is 5.13. The molecule has 16 heavy (non-hydrogen) atoms. The highest BCUT2D eigenvalue weighted by Gasteiger charge is 2.04. The summed E-state index contributed by atoms with van der Waals surface area (Å²) >= 11 is 5.80. The van der Waals surface area contributed by atoms with Gasteiger partial charge in [0.25, 0.3) is 0 Å². The summed E-state index contributed by atoms with van der Waals surface area (Å²) in [5.74, 6) is 0. The molecule has 0 amide bonds. The molecule has 4 nitrogen and oxygen atoms in total. The van der Waals surface area contributed by atoms with Crippen molar-refractivity contribution in [2.75, 3.05) is 0 Å². The molecular formula is C11H7ClN4.